The molecule has 3 heterocycles. The highest BCUT2D eigenvalue weighted by molar-refractivity contribution is 9.10. The average Bonchev–Trinajstić information content (AvgIpc) is 3.18. The monoisotopic (exact) mass is 527 g/mol. The van der Waals surface area contributed by atoms with Crippen molar-refractivity contribution in [3.63, 3.8) is 0 Å². The van der Waals surface area contributed by atoms with Gasteiger partial charge in [-0.25, -0.2) is 0 Å². The van der Waals surface area contributed by atoms with Crippen LogP contribution >= 0.6 is 27.5 Å². The number of aromatic amines is 1. The molecular formula is C27H31BrClN3O. The van der Waals surface area contributed by atoms with Crippen LogP contribution in [-0.2, 0) is 16.6 Å². The Hall–Kier alpha value is -1.53. The van der Waals surface area contributed by atoms with Crippen molar-refractivity contribution in [2.45, 2.75) is 44.6 Å². The Balaban J connectivity index is 1.30. The summed E-state index contributed by atoms with van der Waals surface area (Å²) in [6, 6.07) is 11.8. The standard InChI is InChI=1S/C27H31BrClN3O/c1-27(2)22-16-25(32-7-5-19(6-8-32)31-9-11-33-12-10-31)23(29)14-17(22)13-21-20-4-3-18(28)15-24(20)30-26(21)27/h3-4,14-16,19,30H,5-13H2,1-2H3. The molecule has 1 aromatic heterocycles. The third-order valence-electron chi connectivity index (χ3n) is 8.07. The van der Waals surface area contributed by atoms with Crippen LogP contribution in [-0.4, -0.2) is 55.3 Å². The molecule has 2 saturated heterocycles. The van der Waals surface area contributed by atoms with Gasteiger partial charge in [-0.2, -0.15) is 0 Å². The molecule has 1 N–H and O–H groups in total. The van der Waals surface area contributed by atoms with Gasteiger partial charge in [0.15, 0.2) is 0 Å². The van der Waals surface area contributed by atoms with Crippen LogP contribution in [0.25, 0.3) is 10.9 Å². The van der Waals surface area contributed by atoms with Gasteiger partial charge in [0.25, 0.3) is 0 Å². The molecule has 0 atom stereocenters. The minimum Gasteiger partial charge on any atom is -0.379 e. The van der Waals surface area contributed by atoms with Gasteiger partial charge in [-0.1, -0.05) is 47.4 Å². The van der Waals surface area contributed by atoms with E-state index in [9.17, 15) is 0 Å². The van der Waals surface area contributed by atoms with E-state index in [0.717, 1.165) is 55.3 Å². The van der Waals surface area contributed by atoms with Crippen LogP contribution in [0, 0.1) is 0 Å². The van der Waals surface area contributed by atoms with Crippen LogP contribution in [0.5, 0.6) is 0 Å². The highest BCUT2D eigenvalue weighted by Gasteiger charge is 2.36. The predicted octanol–water partition coefficient (Wildman–Crippen LogP) is 6.11. The average molecular weight is 529 g/mol. The van der Waals surface area contributed by atoms with Crippen LogP contribution in [0.15, 0.2) is 34.8 Å². The minimum absolute atomic E-state index is 0.0973. The largest absolute Gasteiger partial charge is 0.379 e. The molecule has 0 radical (unpaired) electrons. The summed E-state index contributed by atoms with van der Waals surface area (Å²) in [4.78, 5) is 8.88. The van der Waals surface area contributed by atoms with Gasteiger partial charge in [0.05, 0.1) is 23.9 Å². The number of ether oxygens (including phenoxy) is 1. The first-order valence-electron chi connectivity index (χ1n) is 12.1. The summed E-state index contributed by atoms with van der Waals surface area (Å²) < 4.78 is 6.65. The second kappa shape index (κ2) is 8.30. The number of anilines is 1. The number of halogens is 2. The lowest BCUT2D eigenvalue weighted by Crippen LogP contribution is -2.49. The fourth-order valence-electron chi connectivity index (χ4n) is 6.26. The van der Waals surface area contributed by atoms with E-state index >= 15 is 0 Å². The minimum atomic E-state index is -0.0973. The summed E-state index contributed by atoms with van der Waals surface area (Å²) in [5.41, 5.74) is 7.80. The van der Waals surface area contributed by atoms with Gasteiger partial charge < -0.3 is 14.6 Å². The fraction of sp³-hybridized carbons (Fsp3) is 0.481. The molecular weight excluding hydrogens is 498 g/mol. The number of rotatable bonds is 2. The van der Waals surface area contributed by atoms with Crippen molar-refractivity contribution in [1.82, 2.24) is 9.88 Å². The van der Waals surface area contributed by atoms with Crippen molar-refractivity contribution in [2.24, 2.45) is 0 Å². The van der Waals surface area contributed by atoms with E-state index in [-0.39, 0.29) is 5.41 Å². The molecule has 0 saturated carbocycles. The molecule has 4 nitrogen and oxygen atoms in total. The normalized spacial score (nSPS) is 21.3. The second-order valence-electron chi connectivity index (χ2n) is 10.3. The number of morpholine rings is 1. The Morgan fingerprint density at radius 2 is 1.82 bits per heavy atom. The summed E-state index contributed by atoms with van der Waals surface area (Å²) in [6.45, 7) is 10.7. The van der Waals surface area contributed by atoms with Crippen molar-refractivity contribution < 1.29 is 4.74 Å². The van der Waals surface area contributed by atoms with E-state index in [2.05, 4.69) is 74.9 Å². The summed E-state index contributed by atoms with van der Waals surface area (Å²) >= 11 is 10.6. The van der Waals surface area contributed by atoms with Crippen molar-refractivity contribution in [3.05, 3.63) is 62.2 Å². The highest BCUT2D eigenvalue weighted by Crippen LogP contribution is 2.46. The van der Waals surface area contributed by atoms with Crippen LogP contribution in [0.3, 0.4) is 0 Å². The zero-order valence-corrected chi connectivity index (χ0v) is 21.7. The lowest BCUT2D eigenvalue weighted by atomic mass is 9.71. The molecule has 1 aliphatic carbocycles. The maximum absolute atomic E-state index is 6.93. The van der Waals surface area contributed by atoms with Gasteiger partial charge >= 0.3 is 0 Å². The smallest absolute Gasteiger partial charge is 0.0642 e. The third-order valence-corrected chi connectivity index (χ3v) is 8.87. The number of H-pyrrole nitrogens is 1. The van der Waals surface area contributed by atoms with Crippen molar-refractivity contribution >= 4 is 44.1 Å². The Kier molecular flexibility index (Phi) is 5.52. The Morgan fingerprint density at radius 3 is 2.58 bits per heavy atom. The first-order chi connectivity index (χ1) is 15.9. The molecule has 2 aromatic carbocycles. The summed E-state index contributed by atoms with van der Waals surface area (Å²) in [6.07, 6.45) is 3.31. The maximum atomic E-state index is 6.93. The summed E-state index contributed by atoms with van der Waals surface area (Å²) in [5.74, 6) is 0. The third kappa shape index (κ3) is 3.72. The topological polar surface area (TPSA) is 31.5 Å². The van der Waals surface area contributed by atoms with Gasteiger partial charge in [0, 0.05) is 65.1 Å². The van der Waals surface area contributed by atoms with Gasteiger partial charge in [-0.05, 0) is 53.8 Å². The molecule has 6 rings (SSSR count). The van der Waals surface area contributed by atoms with Gasteiger partial charge in [0.1, 0.15) is 0 Å². The van der Waals surface area contributed by atoms with E-state index in [4.69, 9.17) is 16.3 Å². The summed E-state index contributed by atoms with van der Waals surface area (Å²) in [5, 5.41) is 2.21. The first kappa shape index (κ1) is 22.0. The van der Waals surface area contributed by atoms with Crippen LogP contribution in [0.1, 0.15) is 49.1 Å². The Labute approximate surface area is 209 Å². The van der Waals surface area contributed by atoms with Crippen molar-refractivity contribution in [1.29, 1.82) is 0 Å². The fourth-order valence-corrected chi connectivity index (χ4v) is 6.92. The van der Waals surface area contributed by atoms with E-state index in [0.29, 0.717) is 6.04 Å². The van der Waals surface area contributed by atoms with Gasteiger partial charge in [-0.3, -0.25) is 4.90 Å². The molecule has 3 aromatic rings. The molecule has 0 unspecified atom stereocenters. The van der Waals surface area contributed by atoms with Gasteiger partial charge in [-0.15, -0.1) is 0 Å². The zero-order chi connectivity index (χ0) is 22.7. The lowest BCUT2D eigenvalue weighted by molar-refractivity contribution is 0.0115. The number of nitrogens with one attached hydrogen (secondary N) is 1. The van der Waals surface area contributed by atoms with Crippen LogP contribution in [0.4, 0.5) is 5.69 Å². The first-order valence-corrected chi connectivity index (χ1v) is 13.3. The SMILES string of the molecule is CC1(C)c2cc(N3CCC(N4CCOCC4)CC3)c(Cl)cc2Cc2c1[nH]c1cc(Br)ccc21. The second-order valence-corrected chi connectivity index (χ2v) is 11.6. The zero-order valence-electron chi connectivity index (χ0n) is 19.4. The van der Waals surface area contributed by atoms with E-state index in [1.54, 1.807) is 0 Å². The number of piperidine rings is 1. The lowest BCUT2D eigenvalue weighted by Gasteiger charge is -2.41. The Morgan fingerprint density at radius 1 is 1.06 bits per heavy atom. The molecule has 6 heteroatoms. The molecule has 0 amide bonds. The number of benzene rings is 2. The van der Waals surface area contributed by atoms with Gasteiger partial charge in [0.2, 0.25) is 0 Å². The molecule has 174 valence electrons. The number of fused-ring (bicyclic) bond motifs is 4. The van der Waals surface area contributed by atoms with Crippen LogP contribution < -0.4 is 4.90 Å². The number of aromatic nitrogens is 1. The molecule has 2 aliphatic heterocycles. The highest BCUT2D eigenvalue weighted by atomic mass is 79.9. The van der Waals surface area contributed by atoms with E-state index in [1.165, 1.54) is 51.8 Å². The van der Waals surface area contributed by atoms with Crippen molar-refractivity contribution in [3.8, 4) is 0 Å². The molecule has 0 spiro atoms. The predicted molar refractivity (Wildman–Crippen MR) is 140 cm³/mol. The maximum Gasteiger partial charge on any atom is 0.0642 e. The Bertz CT molecular complexity index is 1210. The molecule has 2 fully saturated rings. The van der Waals surface area contributed by atoms with Crippen LogP contribution in [0.2, 0.25) is 5.02 Å². The molecule has 33 heavy (non-hydrogen) atoms. The quantitative estimate of drug-likeness (QED) is 0.435. The van der Waals surface area contributed by atoms with E-state index in [1.807, 2.05) is 0 Å². The van der Waals surface area contributed by atoms with E-state index < -0.39 is 0 Å². The number of hydrogen-bond donors (Lipinski definition) is 1. The summed E-state index contributed by atoms with van der Waals surface area (Å²) in [7, 11) is 0. The molecule has 3 aliphatic rings. The number of hydrogen-bond acceptors (Lipinski definition) is 3. The molecule has 0 bridgehead atoms. The van der Waals surface area contributed by atoms with Crippen molar-refractivity contribution in [2.75, 3.05) is 44.3 Å². The number of nitrogens with zero attached hydrogens (tertiary/aromatic N) is 2.